The van der Waals surface area contributed by atoms with E-state index in [4.69, 9.17) is 5.21 Å². The molecule has 1 spiro atoms. The van der Waals surface area contributed by atoms with E-state index >= 15 is 0 Å². The van der Waals surface area contributed by atoms with Crippen molar-refractivity contribution in [2.24, 2.45) is 11.8 Å². The van der Waals surface area contributed by atoms with Gasteiger partial charge in [0.1, 0.15) is 5.54 Å². The van der Waals surface area contributed by atoms with Crippen LogP contribution in [0, 0.1) is 17.0 Å². The highest BCUT2D eigenvalue weighted by Gasteiger charge is 2.69. The summed E-state index contributed by atoms with van der Waals surface area (Å²) in [5, 5.41) is 25.1. The van der Waals surface area contributed by atoms with Crippen molar-refractivity contribution < 1.29 is 24.8 Å². The van der Waals surface area contributed by atoms with Crippen LogP contribution < -0.4 is 20.8 Å². The monoisotopic (exact) mass is 394 g/mol. The van der Waals surface area contributed by atoms with Crippen LogP contribution in [-0.2, 0) is 19.9 Å². The van der Waals surface area contributed by atoms with Crippen molar-refractivity contribution in [2.75, 3.05) is 10.2 Å². The molecule has 1 unspecified atom stereocenters. The van der Waals surface area contributed by atoms with Gasteiger partial charge in [-0.2, -0.15) is 5.23 Å². The molecule has 148 valence electrons. The zero-order valence-corrected chi connectivity index (χ0v) is 15.4. The maximum Gasteiger partial charge on any atom is 0.250 e. The van der Waals surface area contributed by atoms with Gasteiger partial charge in [-0.05, 0) is 25.1 Å². The fourth-order valence-corrected chi connectivity index (χ4v) is 4.93. The van der Waals surface area contributed by atoms with E-state index in [0.29, 0.717) is 16.9 Å². The number of rotatable bonds is 2. The summed E-state index contributed by atoms with van der Waals surface area (Å²) in [7, 11) is 0. The maximum absolute atomic E-state index is 13.4. The van der Waals surface area contributed by atoms with Crippen molar-refractivity contribution in [3.63, 3.8) is 0 Å². The Morgan fingerprint density at radius 2 is 1.76 bits per heavy atom. The smallest absolute Gasteiger partial charge is 0.250 e. The van der Waals surface area contributed by atoms with E-state index in [0.717, 1.165) is 4.90 Å². The van der Waals surface area contributed by atoms with E-state index < -0.39 is 40.5 Å². The van der Waals surface area contributed by atoms with E-state index in [1.54, 1.807) is 31.2 Å². The van der Waals surface area contributed by atoms with Crippen molar-refractivity contribution in [1.82, 2.24) is 5.32 Å². The third-order valence-electron chi connectivity index (χ3n) is 6.14. The minimum atomic E-state index is -1.30. The second-order valence-corrected chi connectivity index (χ2v) is 7.61. The normalized spacial score (nSPS) is 31.2. The van der Waals surface area contributed by atoms with Crippen LogP contribution in [0.2, 0.25) is 0 Å². The van der Waals surface area contributed by atoms with Gasteiger partial charge in [0.2, 0.25) is 17.7 Å². The first-order valence-corrected chi connectivity index (χ1v) is 9.26. The van der Waals surface area contributed by atoms with Gasteiger partial charge >= 0.3 is 0 Å². The number of hydrogen-bond acceptors (Lipinski definition) is 6. The van der Waals surface area contributed by atoms with Gasteiger partial charge in [-0.3, -0.25) is 19.7 Å². The molecule has 9 heteroatoms. The summed E-state index contributed by atoms with van der Waals surface area (Å²) in [6.45, 7) is 1.79. The minimum Gasteiger partial charge on any atom is -0.595 e. The molecule has 2 fully saturated rings. The third-order valence-corrected chi connectivity index (χ3v) is 6.14. The van der Waals surface area contributed by atoms with Gasteiger partial charge in [0.15, 0.2) is 5.69 Å². The van der Waals surface area contributed by atoms with Crippen molar-refractivity contribution >= 4 is 34.8 Å². The quantitative estimate of drug-likeness (QED) is 0.421. The molecule has 4 N–H and O–H groups in total. The zero-order valence-electron chi connectivity index (χ0n) is 15.4. The molecule has 0 aromatic heterocycles. The number of carbonyl (C=O) groups is 3. The molecule has 3 aliphatic heterocycles. The second kappa shape index (κ2) is 5.94. The molecule has 0 aliphatic carbocycles. The Morgan fingerprint density at radius 1 is 1.07 bits per heavy atom. The number of nitrogens with one attached hydrogen (secondary N) is 3. The molecular weight excluding hydrogens is 376 g/mol. The average Bonchev–Trinajstić information content (AvgIpc) is 3.26. The van der Waals surface area contributed by atoms with E-state index in [1.165, 1.54) is 24.3 Å². The Morgan fingerprint density at radius 3 is 2.45 bits per heavy atom. The van der Waals surface area contributed by atoms with Crippen LogP contribution in [0.15, 0.2) is 48.5 Å². The van der Waals surface area contributed by atoms with Gasteiger partial charge in [-0.1, -0.05) is 18.2 Å². The van der Waals surface area contributed by atoms with E-state index in [2.05, 4.69) is 10.6 Å². The first-order valence-electron chi connectivity index (χ1n) is 9.26. The largest absolute Gasteiger partial charge is 0.595 e. The number of imide groups is 1. The molecule has 0 radical (unpaired) electrons. The molecular formula is C20H18N4O5. The molecule has 3 aliphatic rings. The highest BCUT2D eigenvalue weighted by Crippen LogP contribution is 2.53. The molecule has 2 saturated heterocycles. The van der Waals surface area contributed by atoms with Crippen LogP contribution >= 0.6 is 0 Å². The highest BCUT2D eigenvalue weighted by molar-refractivity contribution is 6.25. The lowest BCUT2D eigenvalue weighted by Gasteiger charge is -2.29. The van der Waals surface area contributed by atoms with E-state index in [1.807, 2.05) is 0 Å². The minimum absolute atomic E-state index is 0.0589. The van der Waals surface area contributed by atoms with Crippen molar-refractivity contribution in [1.29, 1.82) is 0 Å². The van der Waals surface area contributed by atoms with Crippen molar-refractivity contribution in [2.45, 2.75) is 18.5 Å². The van der Waals surface area contributed by atoms with Gasteiger partial charge in [0, 0.05) is 29.4 Å². The number of amides is 3. The lowest BCUT2D eigenvalue weighted by molar-refractivity contribution is -0.991. The molecule has 3 heterocycles. The average molecular weight is 394 g/mol. The molecule has 9 nitrogen and oxygen atoms in total. The number of quaternary nitrogens is 1. The summed E-state index contributed by atoms with van der Waals surface area (Å²) in [6, 6.07) is 12.3. The molecule has 2 aromatic carbocycles. The Balaban J connectivity index is 1.60. The predicted molar refractivity (Wildman–Crippen MR) is 101 cm³/mol. The van der Waals surface area contributed by atoms with Gasteiger partial charge in [0.25, 0.3) is 0 Å². The SMILES string of the molecule is C[C@@H]1N[C@@]2(C(=O)Nc3ccccc32)[C@@H]2C(=O)N(c3ccc([NH+]([O-])O)cc3)C(=O)[C@H]12. The Hall–Kier alpha value is -3.11. The topological polar surface area (TPSA) is 126 Å². The van der Waals surface area contributed by atoms with Gasteiger partial charge < -0.3 is 10.5 Å². The number of fused-ring (bicyclic) bond motifs is 4. The number of para-hydroxylation sites is 1. The molecule has 29 heavy (non-hydrogen) atoms. The summed E-state index contributed by atoms with van der Waals surface area (Å²) in [4.78, 5) is 40.8. The van der Waals surface area contributed by atoms with Crippen LogP contribution in [0.3, 0.4) is 0 Å². The van der Waals surface area contributed by atoms with Gasteiger partial charge in [0.05, 0.1) is 17.5 Å². The van der Waals surface area contributed by atoms with E-state index in [-0.39, 0.29) is 11.6 Å². The molecule has 5 rings (SSSR count). The van der Waals surface area contributed by atoms with Gasteiger partial charge in [-0.25, -0.2) is 10.1 Å². The van der Waals surface area contributed by atoms with Crippen LogP contribution in [0.5, 0.6) is 0 Å². The van der Waals surface area contributed by atoms with Crippen LogP contribution in [-0.4, -0.2) is 29.0 Å². The fourth-order valence-electron chi connectivity index (χ4n) is 4.93. The fraction of sp³-hybridized carbons (Fsp3) is 0.250. The number of hydrogen-bond donors (Lipinski definition) is 4. The molecule has 5 atom stereocenters. The number of carbonyl (C=O) groups excluding carboxylic acids is 3. The highest BCUT2D eigenvalue weighted by atomic mass is 16.8. The van der Waals surface area contributed by atoms with Crippen LogP contribution in [0.4, 0.5) is 17.1 Å². The number of benzene rings is 2. The second-order valence-electron chi connectivity index (χ2n) is 7.61. The third kappa shape index (κ3) is 2.21. The maximum atomic E-state index is 13.4. The lowest BCUT2D eigenvalue weighted by Crippen LogP contribution is -2.99. The summed E-state index contributed by atoms with van der Waals surface area (Å²) in [5.41, 5.74) is 0.344. The molecule has 3 amide bonds. The Kier molecular flexibility index (Phi) is 3.68. The zero-order chi connectivity index (χ0) is 20.5. The summed E-state index contributed by atoms with van der Waals surface area (Å²) in [5.74, 6) is -2.78. The Bertz CT molecular complexity index is 1050. The summed E-state index contributed by atoms with van der Waals surface area (Å²) >= 11 is 0. The van der Waals surface area contributed by atoms with Crippen molar-refractivity contribution in [3.05, 3.63) is 59.3 Å². The first-order chi connectivity index (χ1) is 13.9. The van der Waals surface area contributed by atoms with Gasteiger partial charge in [-0.15, -0.1) is 0 Å². The van der Waals surface area contributed by atoms with Crippen LogP contribution in [0.1, 0.15) is 12.5 Å². The summed E-state index contributed by atoms with van der Waals surface area (Å²) in [6.07, 6.45) is 0. The summed E-state index contributed by atoms with van der Waals surface area (Å²) < 4.78 is 0. The number of anilines is 2. The standard InChI is InChI=1S/C20H18N4O5/c1-10-15-16(20(22-10)13-4-2-3-5-14(13)21-19(20)27)18(26)23(17(15)25)11-6-8-12(9-7-11)24(28)29/h2-10,15-16,22,24,28H,1H3,(H,21,27)/t10-,15+,16-,20+/m0/s1. The molecule has 0 saturated carbocycles. The molecule has 2 aromatic rings. The Labute approximate surface area is 165 Å². The molecule has 0 bridgehead atoms. The van der Waals surface area contributed by atoms with E-state index in [9.17, 15) is 19.6 Å². The van der Waals surface area contributed by atoms with Crippen molar-refractivity contribution in [3.8, 4) is 0 Å². The van der Waals surface area contributed by atoms with Crippen LogP contribution in [0.25, 0.3) is 0 Å². The predicted octanol–water partition coefficient (Wildman–Crippen LogP) is 0.0349. The lowest BCUT2D eigenvalue weighted by atomic mass is 9.76. The number of nitrogens with zero attached hydrogens (tertiary/aromatic N) is 1. The first kappa shape index (κ1) is 18.0.